The van der Waals surface area contributed by atoms with Gasteiger partial charge in [0.1, 0.15) is 67.1 Å². The van der Waals surface area contributed by atoms with Gasteiger partial charge in [-0.05, 0) is 91.8 Å². The van der Waals surface area contributed by atoms with Gasteiger partial charge in [0.2, 0.25) is 0 Å². The Morgan fingerprint density at radius 3 is 2.10 bits per heavy atom. The largest absolute Gasteiger partial charge is 0.394 e. The summed E-state index contributed by atoms with van der Waals surface area (Å²) in [4.78, 5) is 0. The Bertz CT molecular complexity index is 1590. The monoisotopic (exact) mass is 886 g/mol. The molecule has 354 valence electrons. The molecular formula is C44H70O18. The van der Waals surface area contributed by atoms with Crippen LogP contribution in [0.15, 0.2) is 12.2 Å². The van der Waals surface area contributed by atoms with Gasteiger partial charge >= 0.3 is 0 Å². The van der Waals surface area contributed by atoms with Gasteiger partial charge in [-0.25, -0.2) is 0 Å². The first-order chi connectivity index (χ1) is 29.4. The first kappa shape index (κ1) is 46.1. The minimum Gasteiger partial charge on any atom is -0.394 e. The van der Waals surface area contributed by atoms with Crippen LogP contribution in [0.5, 0.6) is 0 Å². The summed E-state index contributed by atoms with van der Waals surface area (Å²) in [6, 6.07) is 0. The van der Waals surface area contributed by atoms with E-state index in [-0.39, 0.29) is 28.8 Å². The third-order valence-electron chi connectivity index (χ3n) is 17.7. The van der Waals surface area contributed by atoms with E-state index in [4.69, 9.17) is 37.9 Å². The normalized spacial score (nSPS) is 57.8. The Morgan fingerprint density at radius 1 is 0.694 bits per heavy atom. The van der Waals surface area contributed by atoms with Gasteiger partial charge in [-0.15, -0.1) is 0 Å². The summed E-state index contributed by atoms with van der Waals surface area (Å²) >= 11 is 0. The molecule has 0 amide bonds. The quantitative estimate of drug-likeness (QED) is 0.101. The molecule has 5 aliphatic heterocycles. The number of rotatable bonds is 8. The molecule has 5 heterocycles. The van der Waals surface area contributed by atoms with Crippen molar-refractivity contribution in [2.24, 2.45) is 46.3 Å². The molecule has 26 atom stereocenters. The summed E-state index contributed by atoms with van der Waals surface area (Å²) in [7, 11) is 0. The highest BCUT2D eigenvalue weighted by Crippen LogP contribution is 2.71. The van der Waals surface area contributed by atoms with E-state index in [0.29, 0.717) is 43.1 Å². The maximum Gasteiger partial charge on any atom is 0.187 e. The van der Waals surface area contributed by atoms with E-state index in [2.05, 4.69) is 27.4 Å². The van der Waals surface area contributed by atoms with Crippen molar-refractivity contribution in [3.05, 3.63) is 12.2 Å². The van der Waals surface area contributed by atoms with Crippen molar-refractivity contribution in [1.29, 1.82) is 0 Å². The fraction of sp³-hybridized carbons (Fsp3) is 0.955. The zero-order valence-electron chi connectivity index (χ0n) is 35.9. The van der Waals surface area contributed by atoms with Crippen molar-refractivity contribution < 1.29 is 89.0 Å². The molecule has 9 aliphatic rings. The van der Waals surface area contributed by atoms with Crippen molar-refractivity contribution in [3.8, 4) is 0 Å². The highest BCUT2D eigenvalue weighted by molar-refractivity contribution is 5.17. The lowest BCUT2D eigenvalue weighted by Gasteiger charge is -2.62. The fourth-order valence-electron chi connectivity index (χ4n) is 14.3. The molecule has 0 aromatic carbocycles. The van der Waals surface area contributed by atoms with E-state index in [9.17, 15) is 51.1 Å². The fourth-order valence-corrected chi connectivity index (χ4v) is 14.3. The number of aliphatic hydroxyl groups is 10. The van der Waals surface area contributed by atoms with Gasteiger partial charge < -0.3 is 89.0 Å². The zero-order valence-corrected chi connectivity index (χ0v) is 35.9. The smallest absolute Gasteiger partial charge is 0.187 e. The standard InChI is InChI=1S/C44H70O18/c1-18-7-10-44(56-16-18)19(2)30-27(62-44)12-23-21-6-5-20-11-26(24(47)13-43(20,4)22(21)8-9-42(23,30)3)57-41-38(61-40-36(54)34(52)32(50)28(14-45)58-40)37(33(51)29(15-46)59-41)60-39-35(53)31(49)25(48)17-55-39/h19-41,45-54H,1,5-17H2,2-4H3/t19-,20+,21+,22?,23?,24-,25+,26+,27-,28+,29+,30-,31-,32+,33+,34-,35+,36+,37-,38+,39-,40-,41+,42-,43-,44+/m0/s1. The second-order valence-corrected chi connectivity index (χ2v) is 20.8. The number of hydrogen-bond donors (Lipinski definition) is 10. The maximum absolute atomic E-state index is 12.1. The third kappa shape index (κ3) is 7.48. The summed E-state index contributed by atoms with van der Waals surface area (Å²) in [6.45, 7) is 9.91. The molecule has 62 heavy (non-hydrogen) atoms. The third-order valence-corrected chi connectivity index (χ3v) is 17.7. The van der Waals surface area contributed by atoms with Gasteiger partial charge in [0.15, 0.2) is 24.7 Å². The number of ether oxygens (including phenoxy) is 8. The van der Waals surface area contributed by atoms with E-state index in [0.717, 1.165) is 50.5 Å². The Kier molecular flexibility index (Phi) is 12.9. The van der Waals surface area contributed by atoms with Gasteiger partial charge in [0.05, 0.1) is 44.7 Å². The average Bonchev–Trinajstić information content (AvgIpc) is 3.69. The lowest BCUT2D eigenvalue weighted by molar-refractivity contribution is -0.394. The maximum atomic E-state index is 12.1. The van der Waals surface area contributed by atoms with E-state index >= 15 is 0 Å². The summed E-state index contributed by atoms with van der Waals surface area (Å²) < 4.78 is 49.5. The van der Waals surface area contributed by atoms with Crippen molar-refractivity contribution >= 4 is 0 Å². The summed E-state index contributed by atoms with van der Waals surface area (Å²) in [6.07, 6.45) is -16.7. The van der Waals surface area contributed by atoms with Crippen LogP contribution in [0.3, 0.4) is 0 Å². The number of aliphatic hydroxyl groups excluding tert-OH is 10. The molecule has 4 saturated carbocycles. The topological polar surface area (TPSA) is 276 Å². The predicted molar refractivity (Wildman–Crippen MR) is 211 cm³/mol. The van der Waals surface area contributed by atoms with Gasteiger partial charge in [0.25, 0.3) is 0 Å². The SMILES string of the molecule is C=C1CC[C@@]2(OC1)O[C@H]1CC3[C@@H]4CC[C@@H]5C[C@@H](O[C@@H]6O[C@H](CO)[C@@H](O)[C@H](O[C@@H]7OC[C@@H](O)[C@H](O)[C@H]7O)[C@H]6O[C@@H]6O[C@H](CO)[C@@H](O)[C@H](O)[C@H]6O)[C@@H](O)C[C@]5(C)C4CC[C@]3(C)[C@H]1[C@@H]2C. The lowest BCUT2D eigenvalue weighted by Crippen LogP contribution is -2.67. The first-order valence-electron chi connectivity index (χ1n) is 23.0. The molecule has 4 aliphatic carbocycles. The van der Waals surface area contributed by atoms with Crippen molar-refractivity contribution in [1.82, 2.24) is 0 Å². The van der Waals surface area contributed by atoms with Crippen LogP contribution in [0.2, 0.25) is 0 Å². The van der Waals surface area contributed by atoms with Gasteiger partial charge in [-0.2, -0.15) is 0 Å². The predicted octanol–water partition coefficient (Wildman–Crippen LogP) is -1.20. The Morgan fingerprint density at radius 2 is 1.39 bits per heavy atom. The Hall–Kier alpha value is -0.980. The van der Waals surface area contributed by atoms with E-state index in [1.165, 1.54) is 0 Å². The lowest BCUT2D eigenvalue weighted by atomic mass is 9.44. The molecule has 10 N–H and O–H groups in total. The van der Waals surface area contributed by atoms with E-state index in [1.54, 1.807) is 0 Å². The van der Waals surface area contributed by atoms with Crippen LogP contribution in [0.1, 0.15) is 78.6 Å². The molecule has 0 aromatic heterocycles. The Balaban J connectivity index is 0.936. The van der Waals surface area contributed by atoms with Gasteiger partial charge in [-0.3, -0.25) is 0 Å². The van der Waals surface area contributed by atoms with Crippen LogP contribution in [-0.2, 0) is 37.9 Å². The summed E-state index contributed by atoms with van der Waals surface area (Å²) in [5, 5.41) is 107. The number of hydrogen-bond acceptors (Lipinski definition) is 18. The highest BCUT2D eigenvalue weighted by Gasteiger charge is 2.69. The van der Waals surface area contributed by atoms with Crippen LogP contribution in [0.4, 0.5) is 0 Å². The molecular weight excluding hydrogens is 816 g/mol. The molecule has 9 fully saturated rings. The molecule has 2 unspecified atom stereocenters. The molecule has 0 aromatic rings. The van der Waals surface area contributed by atoms with Crippen molar-refractivity contribution in [2.45, 2.75) is 189 Å². The Labute approximate surface area is 362 Å². The van der Waals surface area contributed by atoms with Gasteiger partial charge in [-0.1, -0.05) is 32.9 Å². The first-order valence-corrected chi connectivity index (χ1v) is 23.0. The van der Waals surface area contributed by atoms with Gasteiger partial charge in [0, 0.05) is 12.3 Å². The summed E-state index contributed by atoms with van der Waals surface area (Å²) in [5.74, 6) is 1.67. The molecule has 1 spiro atoms. The minimum absolute atomic E-state index is 0.117. The van der Waals surface area contributed by atoms with Crippen LogP contribution >= 0.6 is 0 Å². The van der Waals surface area contributed by atoms with Crippen LogP contribution in [0.25, 0.3) is 0 Å². The van der Waals surface area contributed by atoms with Crippen LogP contribution in [-0.4, -0.2) is 188 Å². The van der Waals surface area contributed by atoms with Crippen LogP contribution < -0.4 is 0 Å². The second-order valence-electron chi connectivity index (χ2n) is 20.8. The molecule has 9 rings (SSSR count). The molecule has 0 radical (unpaired) electrons. The van der Waals surface area contributed by atoms with Crippen molar-refractivity contribution in [3.63, 3.8) is 0 Å². The zero-order chi connectivity index (χ0) is 44.2. The molecule has 18 nitrogen and oxygen atoms in total. The van der Waals surface area contributed by atoms with Crippen molar-refractivity contribution in [2.75, 3.05) is 26.4 Å². The molecule has 18 heteroatoms. The minimum atomic E-state index is -1.87. The highest BCUT2D eigenvalue weighted by atomic mass is 16.8. The number of fused-ring (bicyclic) bond motifs is 7. The summed E-state index contributed by atoms with van der Waals surface area (Å²) in [5.41, 5.74) is 1.04. The molecule has 5 saturated heterocycles. The second kappa shape index (κ2) is 17.3. The van der Waals surface area contributed by atoms with E-state index in [1.807, 2.05) is 0 Å². The van der Waals surface area contributed by atoms with Crippen LogP contribution in [0, 0.1) is 46.3 Å². The van der Waals surface area contributed by atoms with E-state index < -0.39 is 124 Å². The molecule has 0 bridgehead atoms. The average molecular weight is 887 g/mol.